The first-order valence-electron chi connectivity index (χ1n) is 8.28. The Hall–Kier alpha value is -2.53. The summed E-state index contributed by atoms with van der Waals surface area (Å²) in [5.41, 5.74) is 4.29. The lowest BCUT2D eigenvalue weighted by Crippen LogP contribution is -2.18. The first-order chi connectivity index (χ1) is 13.5. The topological polar surface area (TPSA) is 50.7 Å². The number of nitrogens with zero attached hydrogens (tertiary/aromatic N) is 1. The van der Waals surface area contributed by atoms with E-state index in [0.717, 1.165) is 5.56 Å². The fraction of sp³-hybridized carbons (Fsp3) is 0.0476. The molecule has 3 aromatic carbocycles. The van der Waals surface area contributed by atoms with E-state index in [-0.39, 0.29) is 0 Å². The van der Waals surface area contributed by atoms with Gasteiger partial charge in [-0.3, -0.25) is 4.79 Å². The van der Waals surface area contributed by atoms with Gasteiger partial charge in [0.1, 0.15) is 12.4 Å². The van der Waals surface area contributed by atoms with Crippen molar-refractivity contribution in [2.45, 2.75) is 6.61 Å². The van der Waals surface area contributed by atoms with E-state index in [2.05, 4.69) is 10.5 Å². The molecule has 28 heavy (non-hydrogen) atoms. The Morgan fingerprint density at radius 3 is 2.32 bits per heavy atom. The average Bonchev–Trinajstić information content (AvgIpc) is 2.70. The first-order valence-corrected chi connectivity index (χ1v) is 9.41. The molecule has 0 aliphatic carbocycles. The van der Waals surface area contributed by atoms with Gasteiger partial charge in [-0.2, -0.15) is 5.10 Å². The number of para-hydroxylation sites is 1. The zero-order valence-corrected chi connectivity index (χ0v) is 16.8. The zero-order valence-electron chi connectivity index (χ0n) is 14.5. The van der Waals surface area contributed by atoms with Gasteiger partial charge in [-0.25, -0.2) is 5.43 Å². The van der Waals surface area contributed by atoms with Crippen molar-refractivity contribution in [2.75, 3.05) is 0 Å². The van der Waals surface area contributed by atoms with Crippen molar-refractivity contribution in [2.24, 2.45) is 5.10 Å². The van der Waals surface area contributed by atoms with Crippen molar-refractivity contribution in [3.63, 3.8) is 0 Å². The Morgan fingerprint density at radius 2 is 1.61 bits per heavy atom. The Balaban J connectivity index is 1.68. The molecule has 0 saturated carbocycles. The Labute approximate surface area is 177 Å². The van der Waals surface area contributed by atoms with Crippen molar-refractivity contribution in [1.82, 2.24) is 5.43 Å². The summed E-state index contributed by atoms with van der Waals surface area (Å²) in [5.74, 6) is 0.0343. The molecule has 1 amide bonds. The van der Waals surface area contributed by atoms with Crippen molar-refractivity contribution < 1.29 is 9.53 Å². The second kappa shape index (κ2) is 9.60. The summed E-state index contributed by atoms with van der Waals surface area (Å²) in [6.07, 6.45) is 1.40. The maximum Gasteiger partial charge on any atom is 0.275 e. The molecule has 0 heterocycles. The van der Waals surface area contributed by atoms with E-state index in [9.17, 15) is 4.79 Å². The van der Waals surface area contributed by atoms with Crippen LogP contribution >= 0.6 is 34.8 Å². The van der Waals surface area contributed by atoms with Crippen LogP contribution in [0.2, 0.25) is 15.1 Å². The highest BCUT2D eigenvalue weighted by molar-refractivity contribution is 6.38. The van der Waals surface area contributed by atoms with E-state index < -0.39 is 5.91 Å². The van der Waals surface area contributed by atoms with Crippen LogP contribution in [0.15, 0.2) is 71.8 Å². The summed E-state index contributed by atoms with van der Waals surface area (Å²) in [5, 5.41) is 5.48. The molecule has 1 N–H and O–H groups in total. The number of hydrazone groups is 1. The lowest BCUT2D eigenvalue weighted by atomic mass is 10.2. The van der Waals surface area contributed by atoms with Gasteiger partial charge in [0.15, 0.2) is 0 Å². The first kappa shape index (κ1) is 20.2. The van der Waals surface area contributed by atoms with Crippen LogP contribution in [-0.4, -0.2) is 12.1 Å². The van der Waals surface area contributed by atoms with E-state index in [4.69, 9.17) is 39.5 Å². The molecule has 0 unspecified atom stereocenters. The minimum absolute atomic E-state index is 0.306. The maximum atomic E-state index is 12.5. The van der Waals surface area contributed by atoms with Gasteiger partial charge in [-0.1, -0.05) is 65.1 Å². The third-order valence-corrected chi connectivity index (χ3v) is 4.71. The van der Waals surface area contributed by atoms with E-state index in [1.54, 1.807) is 54.6 Å². The summed E-state index contributed by atoms with van der Waals surface area (Å²) in [7, 11) is 0. The maximum absolute atomic E-state index is 12.5. The highest BCUT2D eigenvalue weighted by Gasteiger charge is 2.12. The molecule has 0 bridgehead atoms. The quantitative estimate of drug-likeness (QED) is 0.383. The number of amides is 1. The second-order valence-corrected chi connectivity index (χ2v) is 7.00. The molecule has 3 aromatic rings. The molecule has 7 heteroatoms. The molecule has 0 spiro atoms. The Kier molecular flexibility index (Phi) is 6.93. The SMILES string of the molecule is O=C(N/N=C\c1c(Cl)cccc1Cl)c1ccccc1OCc1ccc(Cl)cc1. The minimum Gasteiger partial charge on any atom is -0.488 e. The number of carbonyl (C=O) groups is 1. The van der Waals surface area contributed by atoms with Gasteiger partial charge >= 0.3 is 0 Å². The summed E-state index contributed by atoms with van der Waals surface area (Å²) in [6, 6.07) is 19.3. The standard InChI is InChI=1S/C21H15Cl3N2O2/c22-15-10-8-14(9-11-15)13-28-20-7-2-1-4-16(20)21(27)26-25-12-17-18(23)5-3-6-19(17)24/h1-12H,13H2,(H,26,27)/b25-12-. The third-order valence-electron chi connectivity index (χ3n) is 3.80. The van der Waals surface area contributed by atoms with Crippen LogP contribution in [0.4, 0.5) is 0 Å². The van der Waals surface area contributed by atoms with Crippen LogP contribution in [0.3, 0.4) is 0 Å². The smallest absolute Gasteiger partial charge is 0.275 e. The number of ether oxygens (including phenoxy) is 1. The predicted molar refractivity (Wildman–Crippen MR) is 114 cm³/mol. The van der Waals surface area contributed by atoms with E-state index in [0.29, 0.717) is 38.6 Å². The highest BCUT2D eigenvalue weighted by Crippen LogP contribution is 2.22. The number of rotatable bonds is 6. The molecule has 0 aliphatic heterocycles. The summed E-state index contributed by atoms with van der Waals surface area (Å²) in [6.45, 7) is 0.306. The van der Waals surface area contributed by atoms with Crippen LogP contribution in [0.25, 0.3) is 0 Å². The number of halogens is 3. The molecule has 0 radical (unpaired) electrons. The molecule has 0 aliphatic rings. The molecular formula is C21H15Cl3N2O2. The van der Waals surface area contributed by atoms with Gasteiger partial charge in [0, 0.05) is 10.6 Å². The Bertz CT molecular complexity index is 985. The van der Waals surface area contributed by atoms with Gasteiger partial charge in [0.05, 0.1) is 21.8 Å². The number of hydrogen-bond donors (Lipinski definition) is 1. The number of benzene rings is 3. The number of hydrogen-bond acceptors (Lipinski definition) is 3. The van der Waals surface area contributed by atoms with Gasteiger partial charge < -0.3 is 4.74 Å². The second-order valence-electron chi connectivity index (χ2n) is 5.75. The van der Waals surface area contributed by atoms with Crippen LogP contribution in [0.5, 0.6) is 5.75 Å². The molecule has 142 valence electrons. The largest absolute Gasteiger partial charge is 0.488 e. The van der Waals surface area contributed by atoms with Gasteiger partial charge in [-0.05, 0) is 42.0 Å². The Morgan fingerprint density at radius 1 is 0.929 bits per heavy atom. The van der Waals surface area contributed by atoms with Crippen LogP contribution in [0, 0.1) is 0 Å². The average molecular weight is 434 g/mol. The van der Waals surface area contributed by atoms with Crippen molar-refractivity contribution in [1.29, 1.82) is 0 Å². The van der Waals surface area contributed by atoms with Crippen molar-refractivity contribution >= 4 is 46.9 Å². The van der Waals surface area contributed by atoms with Crippen LogP contribution in [0.1, 0.15) is 21.5 Å². The molecule has 0 aromatic heterocycles. The summed E-state index contributed by atoms with van der Waals surface area (Å²) < 4.78 is 5.79. The summed E-state index contributed by atoms with van der Waals surface area (Å²) in [4.78, 5) is 12.5. The van der Waals surface area contributed by atoms with Crippen molar-refractivity contribution in [3.8, 4) is 5.75 Å². The highest BCUT2D eigenvalue weighted by atomic mass is 35.5. The fourth-order valence-electron chi connectivity index (χ4n) is 2.37. The summed E-state index contributed by atoms with van der Waals surface area (Å²) >= 11 is 18.0. The van der Waals surface area contributed by atoms with E-state index in [1.807, 2.05) is 12.1 Å². The molecule has 3 rings (SSSR count). The van der Waals surface area contributed by atoms with Crippen molar-refractivity contribution in [3.05, 3.63) is 98.5 Å². The van der Waals surface area contributed by atoms with Crippen LogP contribution in [-0.2, 0) is 6.61 Å². The van der Waals surface area contributed by atoms with E-state index >= 15 is 0 Å². The molecule has 0 saturated heterocycles. The van der Waals surface area contributed by atoms with Gasteiger partial charge in [-0.15, -0.1) is 0 Å². The number of carbonyl (C=O) groups excluding carboxylic acids is 1. The number of nitrogens with one attached hydrogen (secondary N) is 1. The van der Waals surface area contributed by atoms with Crippen LogP contribution < -0.4 is 10.2 Å². The molecule has 0 atom stereocenters. The van der Waals surface area contributed by atoms with Gasteiger partial charge in [0.2, 0.25) is 0 Å². The zero-order chi connectivity index (χ0) is 19.9. The lowest BCUT2D eigenvalue weighted by molar-refractivity contribution is 0.0950. The third kappa shape index (κ3) is 5.26. The molecule has 4 nitrogen and oxygen atoms in total. The predicted octanol–water partition coefficient (Wildman–Crippen LogP) is 5.99. The van der Waals surface area contributed by atoms with Gasteiger partial charge in [0.25, 0.3) is 5.91 Å². The lowest BCUT2D eigenvalue weighted by Gasteiger charge is -2.10. The normalized spacial score (nSPS) is 10.8. The van der Waals surface area contributed by atoms with E-state index in [1.165, 1.54) is 6.21 Å². The fourth-order valence-corrected chi connectivity index (χ4v) is 2.99. The molecular weight excluding hydrogens is 419 g/mol. The monoisotopic (exact) mass is 432 g/mol. The molecule has 0 fully saturated rings. The minimum atomic E-state index is -0.411.